The Kier molecular flexibility index (Phi) is 5.07. The van der Waals surface area contributed by atoms with E-state index in [-0.39, 0.29) is 18.7 Å². The van der Waals surface area contributed by atoms with Crippen LogP contribution < -0.4 is 15.5 Å². The van der Waals surface area contributed by atoms with Crippen LogP contribution in [-0.2, 0) is 19.4 Å². The van der Waals surface area contributed by atoms with Crippen LogP contribution >= 0.6 is 0 Å². The summed E-state index contributed by atoms with van der Waals surface area (Å²) in [5, 5.41) is 5.80. The monoisotopic (exact) mass is 379 g/mol. The van der Waals surface area contributed by atoms with Crippen molar-refractivity contribution >= 4 is 27.3 Å². The summed E-state index contributed by atoms with van der Waals surface area (Å²) in [5.74, 6) is -0.745. The van der Waals surface area contributed by atoms with Crippen LogP contribution in [0.1, 0.15) is 24.8 Å². The van der Waals surface area contributed by atoms with Crippen molar-refractivity contribution in [2.45, 2.75) is 37.0 Å². The van der Waals surface area contributed by atoms with E-state index < -0.39 is 26.5 Å². The van der Waals surface area contributed by atoms with Crippen LogP contribution in [0, 0.1) is 6.92 Å². The molecular formula is C18H25N3O4S. The number of carbonyl (C=O) groups is 2. The third-order valence-electron chi connectivity index (χ3n) is 5.39. The molecule has 3 rings (SSSR count). The number of carbonyl (C=O) groups excluding carboxylic acids is 2. The minimum Gasteiger partial charge on any atom is -0.343 e. The molecule has 1 aromatic rings. The molecule has 2 aliphatic rings. The first-order valence-electron chi connectivity index (χ1n) is 8.84. The second-order valence-electron chi connectivity index (χ2n) is 7.16. The highest BCUT2D eigenvalue weighted by Gasteiger charge is 2.50. The van der Waals surface area contributed by atoms with E-state index in [1.165, 1.54) is 0 Å². The molecule has 1 atom stereocenters. The standard InChI is InChI=1S/C18H25N3O4S/c1-13-3-5-14(6-4-13)21-12-7-15(16(21)22)20-17(23)18(26(2,24)25)8-10-19-11-9-18/h3-6,15,19H,7-12H2,1-2H3,(H,20,23). The number of benzene rings is 1. The van der Waals surface area contributed by atoms with Crippen molar-refractivity contribution in [2.24, 2.45) is 0 Å². The van der Waals surface area contributed by atoms with E-state index in [0.29, 0.717) is 26.1 Å². The lowest BCUT2D eigenvalue weighted by molar-refractivity contribution is -0.128. The summed E-state index contributed by atoms with van der Waals surface area (Å²) in [5.41, 5.74) is 1.89. The zero-order chi connectivity index (χ0) is 18.9. The quantitative estimate of drug-likeness (QED) is 0.789. The maximum Gasteiger partial charge on any atom is 0.249 e. The predicted octanol–water partition coefficient (Wildman–Crippen LogP) is 0.383. The van der Waals surface area contributed by atoms with Crippen LogP contribution in [0.5, 0.6) is 0 Å². The van der Waals surface area contributed by atoms with Gasteiger partial charge in [-0.15, -0.1) is 0 Å². The minimum atomic E-state index is -3.59. The zero-order valence-electron chi connectivity index (χ0n) is 15.1. The number of amides is 2. The van der Waals surface area contributed by atoms with Gasteiger partial charge in [0.2, 0.25) is 11.8 Å². The molecule has 2 N–H and O–H groups in total. The molecule has 2 amide bonds. The Morgan fingerprint density at radius 3 is 2.42 bits per heavy atom. The van der Waals surface area contributed by atoms with Crippen LogP contribution in [0.25, 0.3) is 0 Å². The van der Waals surface area contributed by atoms with Gasteiger partial charge in [-0.05, 0) is 51.4 Å². The van der Waals surface area contributed by atoms with Gasteiger partial charge in [0.05, 0.1) is 0 Å². The van der Waals surface area contributed by atoms with E-state index in [9.17, 15) is 18.0 Å². The summed E-state index contributed by atoms with van der Waals surface area (Å²) in [4.78, 5) is 27.2. The van der Waals surface area contributed by atoms with Gasteiger partial charge in [-0.25, -0.2) is 8.42 Å². The number of aryl methyl sites for hydroxylation is 1. The Labute approximate surface area is 154 Å². The average molecular weight is 379 g/mol. The Bertz CT molecular complexity index is 798. The lowest BCUT2D eigenvalue weighted by Gasteiger charge is -2.35. The smallest absolute Gasteiger partial charge is 0.249 e. The third kappa shape index (κ3) is 3.35. The van der Waals surface area contributed by atoms with Gasteiger partial charge in [0.1, 0.15) is 6.04 Å². The van der Waals surface area contributed by atoms with Gasteiger partial charge in [0.15, 0.2) is 14.6 Å². The van der Waals surface area contributed by atoms with Gasteiger partial charge in [0.25, 0.3) is 0 Å². The van der Waals surface area contributed by atoms with E-state index in [2.05, 4.69) is 10.6 Å². The molecule has 0 radical (unpaired) electrons. The summed E-state index contributed by atoms with van der Waals surface area (Å²) < 4.78 is 23.2. The van der Waals surface area contributed by atoms with Crippen molar-refractivity contribution in [3.05, 3.63) is 29.8 Å². The van der Waals surface area contributed by atoms with E-state index >= 15 is 0 Å². The van der Waals surface area contributed by atoms with E-state index in [1.54, 1.807) is 4.90 Å². The lowest BCUT2D eigenvalue weighted by atomic mass is 9.95. The fourth-order valence-corrected chi connectivity index (χ4v) is 5.02. The summed E-state index contributed by atoms with van der Waals surface area (Å²) in [6, 6.07) is 6.94. The molecule has 0 aromatic heterocycles. The molecule has 1 aromatic carbocycles. The maximum absolute atomic E-state index is 12.9. The van der Waals surface area contributed by atoms with Gasteiger partial charge < -0.3 is 15.5 Å². The molecule has 7 nitrogen and oxygen atoms in total. The fourth-order valence-electron chi connectivity index (χ4n) is 3.68. The van der Waals surface area contributed by atoms with Gasteiger partial charge in [0, 0.05) is 18.5 Å². The number of rotatable bonds is 4. The van der Waals surface area contributed by atoms with Crippen molar-refractivity contribution in [1.29, 1.82) is 0 Å². The molecule has 2 aliphatic heterocycles. The van der Waals surface area contributed by atoms with Gasteiger partial charge >= 0.3 is 0 Å². The van der Waals surface area contributed by atoms with Crippen molar-refractivity contribution in [1.82, 2.24) is 10.6 Å². The fraction of sp³-hybridized carbons (Fsp3) is 0.556. The van der Waals surface area contributed by atoms with Crippen LogP contribution in [0.4, 0.5) is 5.69 Å². The van der Waals surface area contributed by atoms with Crippen molar-refractivity contribution in [2.75, 3.05) is 30.8 Å². The first-order valence-corrected chi connectivity index (χ1v) is 10.7. The lowest BCUT2D eigenvalue weighted by Crippen LogP contribution is -2.59. The highest BCUT2D eigenvalue weighted by atomic mass is 32.2. The zero-order valence-corrected chi connectivity index (χ0v) is 15.9. The summed E-state index contributed by atoms with van der Waals surface area (Å²) >= 11 is 0. The number of anilines is 1. The van der Waals surface area contributed by atoms with Crippen LogP contribution in [0.3, 0.4) is 0 Å². The maximum atomic E-state index is 12.9. The molecule has 2 heterocycles. The Balaban J connectivity index is 1.75. The molecule has 142 valence electrons. The molecule has 0 bridgehead atoms. The number of piperidine rings is 1. The van der Waals surface area contributed by atoms with Gasteiger partial charge in [-0.3, -0.25) is 9.59 Å². The highest BCUT2D eigenvalue weighted by Crippen LogP contribution is 2.29. The van der Waals surface area contributed by atoms with Gasteiger partial charge in [-0.2, -0.15) is 0 Å². The average Bonchev–Trinajstić information content (AvgIpc) is 2.96. The second kappa shape index (κ2) is 7.00. The second-order valence-corrected chi connectivity index (χ2v) is 9.48. The third-order valence-corrected chi connectivity index (χ3v) is 7.40. The van der Waals surface area contributed by atoms with Crippen LogP contribution in [-0.4, -0.2) is 56.9 Å². The van der Waals surface area contributed by atoms with Gasteiger partial charge in [-0.1, -0.05) is 17.7 Å². The molecule has 8 heteroatoms. The number of nitrogens with one attached hydrogen (secondary N) is 2. The van der Waals surface area contributed by atoms with Crippen LogP contribution in [0.2, 0.25) is 0 Å². The predicted molar refractivity (Wildman–Crippen MR) is 99.8 cm³/mol. The normalized spacial score (nSPS) is 23.1. The largest absolute Gasteiger partial charge is 0.343 e. The van der Waals surface area contributed by atoms with Crippen molar-refractivity contribution < 1.29 is 18.0 Å². The summed E-state index contributed by atoms with van der Waals surface area (Å²) in [7, 11) is -3.59. The highest BCUT2D eigenvalue weighted by molar-refractivity contribution is 7.92. The first-order chi connectivity index (χ1) is 12.2. The number of sulfone groups is 1. The molecule has 2 saturated heterocycles. The Morgan fingerprint density at radius 2 is 1.85 bits per heavy atom. The Morgan fingerprint density at radius 1 is 1.23 bits per heavy atom. The summed E-state index contributed by atoms with van der Waals surface area (Å²) in [6.07, 6.45) is 2.02. The number of hydrogen-bond donors (Lipinski definition) is 2. The number of nitrogens with zero attached hydrogens (tertiary/aromatic N) is 1. The minimum absolute atomic E-state index is 0.195. The molecule has 26 heavy (non-hydrogen) atoms. The topological polar surface area (TPSA) is 95.6 Å². The SMILES string of the molecule is Cc1ccc(N2CCC(NC(=O)C3(S(C)(=O)=O)CCNCC3)C2=O)cc1. The Hall–Kier alpha value is -1.93. The molecule has 0 spiro atoms. The number of hydrogen-bond acceptors (Lipinski definition) is 5. The molecule has 1 unspecified atom stereocenters. The molecule has 2 fully saturated rings. The van der Waals surface area contributed by atoms with Crippen LogP contribution in [0.15, 0.2) is 24.3 Å². The molecule has 0 aliphatic carbocycles. The van der Waals surface area contributed by atoms with E-state index in [4.69, 9.17) is 0 Å². The summed E-state index contributed by atoms with van der Waals surface area (Å²) in [6.45, 7) is 3.41. The molecule has 0 saturated carbocycles. The van der Waals surface area contributed by atoms with Crippen molar-refractivity contribution in [3.8, 4) is 0 Å². The first kappa shape index (κ1) is 18.8. The van der Waals surface area contributed by atoms with E-state index in [1.807, 2.05) is 31.2 Å². The van der Waals surface area contributed by atoms with Crippen molar-refractivity contribution in [3.63, 3.8) is 0 Å². The molecular weight excluding hydrogens is 354 g/mol. The van der Waals surface area contributed by atoms with E-state index in [0.717, 1.165) is 17.5 Å².